The van der Waals surface area contributed by atoms with E-state index < -0.39 is 0 Å². The van der Waals surface area contributed by atoms with Crippen LogP contribution in [0.4, 0.5) is 0 Å². The Morgan fingerprint density at radius 3 is 2.00 bits per heavy atom. The third-order valence-corrected chi connectivity index (χ3v) is 2.75. The average molecular weight is 128 g/mol. The molecule has 0 saturated heterocycles. The fraction of sp³-hybridized carbons (Fsp3) is 0.857. The van der Waals surface area contributed by atoms with Crippen molar-refractivity contribution in [2.45, 2.75) is 26.4 Å². The number of ether oxygens (including phenoxy) is 1. The normalized spacial score (nSPS) is 48.3. The Morgan fingerprint density at radius 2 is 1.89 bits per heavy atom. The molecule has 2 atom stereocenters. The Morgan fingerprint density at radius 1 is 1.44 bits per heavy atom. The second-order valence-corrected chi connectivity index (χ2v) is 2.98. The molecule has 2 nitrogen and oxygen atoms in total. The highest BCUT2D eigenvalue weighted by Crippen LogP contribution is 2.51. The van der Waals surface area contributed by atoms with Gasteiger partial charge in [-0.2, -0.15) is 0 Å². The van der Waals surface area contributed by atoms with Crippen LogP contribution < -0.4 is 0 Å². The molecular weight excluding hydrogens is 116 g/mol. The molecule has 0 aromatic carbocycles. The predicted molar refractivity (Wildman–Crippen MR) is 33.9 cm³/mol. The molecule has 0 amide bonds. The van der Waals surface area contributed by atoms with Crippen LogP contribution in [-0.4, -0.2) is 12.1 Å². The first kappa shape index (κ1) is 6.59. The van der Waals surface area contributed by atoms with E-state index in [9.17, 15) is 4.79 Å². The molecule has 0 heterocycles. The lowest BCUT2D eigenvalue weighted by atomic mass is 10.3. The van der Waals surface area contributed by atoms with Crippen LogP contribution in [0.25, 0.3) is 0 Å². The van der Waals surface area contributed by atoms with E-state index in [1.54, 1.807) is 0 Å². The van der Waals surface area contributed by atoms with Gasteiger partial charge in [0.05, 0.1) is 0 Å². The lowest BCUT2D eigenvalue weighted by molar-refractivity contribution is -0.135. The van der Waals surface area contributed by atoms with Gasteiger partial charge < -0.3 is 4.74 Å². The lowest BCUT2D eigenvalue weighted by Gasteiger charge is -2.06. The Labute approximate surface area is 55.2 Å². The van der Waals surface area contributed by atoms with Crippen molar-refractivity contribution in [1.29, 1.82) is 0 Å². The average Bonchev–Trinajstić information content (AvgIpc) is 2.22. The van der Waals surface area contributed by atoms with Gasteiger partial charge in [-0.05, 0) is 6.92 Å². The summed E-state index contributed by atoms with van der Waals surface area (Å²) in [5, 5.41) is 0. The molecule has 0 aromatic rings. The summed E-state index contributed by atoms with van der Waals surface area (Å²) in [5.74, 6) is 1.06. The van der Waals surface area contributed by atoms with Gasteiger partial charge in [-0.3, -0.25) is 4.79 Å². The van der Waals surface area contributed by atoms with E-state index in [-0.39, 0.29) is 5.60 Å². The zero-order chi connectivity index (χ0) is 7.07. The molecule has 1 aliphatic rings. The zero-order valence-electron chi connectivity index (χ0n) is 6.05. The molecule has 2 heteroatoms. The van der Waals surface area contributed by atoms with Crippen molar-refractivity contribution >= 4 is 6.47 Å². The summed E-state index contributed by atoms with van der Waals surface area (Å²) in [7, 11) is 0. The van der Waals surface area contributed by atoms with Gasteiger partial charge in [0.1, 0.15) is 5.60 Å². The van der Waals surface area contributed by atoms with Crippen LogP contribution in [0, 0.1) is 11.8 Å². The summed E-state index contributed by atoms with van der Waals surface area (Å²) in [6.07, 6.45) is 0. The molecule has 0 radical (unpaired) electrons. The predicted octanol–water partition coefficient (Wildman–Crippen LogP) is 1.20. The number of hydrogen-bond donors (Lipinski definition) is 0. The fourth-order valence-electron chi connectivity index (χ4n) is 1.26. The minimum atomic E-state index is -0.151. The molecule has 0 N–H and O–H groups in total. The lowest BCUT2D eigenvalue weighted by Crippen LogP contribution is -2.11. The van der Waals surface area contributed by atoms with Crippen LogP contribution in [-0.2, 0) is 9.53 Å². The van der Waals surface area contributed by atoms with Crippen molar-refractivity contribution < 1.29 is 9.53 Å². The summed E-state index contributed by atoms with van der Waals surface area (Å²) in [6.45, 7) is 6.69. The number of hydrogen-bond acceptors (Lipinski definition) is 2. The van der Waals surface area contributed by atoms with Crippen LogP contribution in [0.3, 0.4) is 0 Å². The van der Waals surface area contributed by atoms with Crippen molar-refractivity contribution in [2.75, 3.05) is 0 Å². The molecule has 1 aliphatic carbocycles. The summed E-state index contributed by atoms with van der Waals surface area (Å²) in [4.78, 5) is 9.93. The first-order chi connectivity index (χ1) is 4.13. The van der Waals surface area contributed by atoms with E-state index >= 15 is 0 Å². The van der Waals surface area contributed by atoms with Gasteiger partial charge in [-0.25, -0.2) is 0 Å². The number of carbonyl (C=O) groups is 1. The molecule has 1 saturated carbocycles. The molecule has 52 valence electrons. The highest BCUT2D eigenvalue weighted by molar-refractivity contribution is 5.40. The van der Waals surface area contributed by atoms with Crippen LogP contribution in [0.5, 0.6) is 0 Å². The maximum Gasteiger partial charge on any atom is 0.293 e. The van der Waals surface area contributed by atoms with Gasteiger partial charge in [0.2, 0.25) is 0 Å². The van der Waals surface area contributed by atoms with Crippen molar-refractivity contribution in [3.63, 3.8) is 0 Å². The van der Waals surface area contributed by atoms with Gasteiger partial charge in [-0.1, -0.05) is 13.8 Å². The highest BCUT2D eigenvalue weighted by atomic mass is 16.5. The van der Waals surface area contributed by atoms with E-state index in [4.69, 9.17) is 4.74 Å². The third-order valence-electron chi connectivity index (χ3n) is 2.75. The second-order valence-electron chi connectivity index (χ2n) is 2.98. The Bertz CT molecular complexity index is 123. The monoisotopic (exact) mass is 128 g/mol. The van der Waals surface area contributed by atoms with Crippen LogP contribution >= 0.6 is 0 Å². The Hall–Kier alpha value is -0.530. The summed E-state index contributed by atoms with van der Waals surface area (Å²) >= 11 is 0. The van der Waals surface area contributed by atoms with Crippen LogP contribution in [0.15, 0.2) is 0 Å². The van der Waals surface area contributed by atoms with Gasteiger partial charge >= 0.3 is 0 Å². The van der Waals surface area contributed by atoms with Gasteiger partial charge in [0.25, 0.3) is 6.47 Å². The van der Waals surface area contributed by atoms with Crippen LogP contribution in [0.2, 0.25) is 0 Å². The molecule has 0 aliphatic heterocycles. The molecule has 1 fully saturated rings. The van der Waals surface area contributed by atoms with Crippen LogP contribution in [0.1, 0.15) is 20.8 Å². The maximum atomic E-state index is 9.93. The quantitative estimate of drug-likeness (QED) is 0.522. The van der Waals surface area contributed by atoms with Crippen molar-refractivity contribution in [3.8, 4) is 0 Å². The van der Waals surface area contributed by atoms with E-state index in [1.807, 2.05) is 6.92 Å². The first-order valence-corrected chi connectivity index (χ1v) is 3.24. The Kier molecular flexibility index (Phi) is 1.26. The zero-order valence-corrected chi connectivity index (χ0v) is 6.05. The standard InChI is InChI=1S/C7H12O2/c1-5-6(2)7(5,3)9-4-8/h4-6H,1-3H3. The van der Waals surface area contributed by atoms with Crippen molar-refractivity contribution in [3.05, 3.63) is 0 Å². The third kappa shape index (κ3) is 0.732. The van der Waals surface area contributed by atoms with E-state index in [0.29, 0.717) is 18.3 Å². The van der Waals surface area contributed by atoms with E-state index in [0.717, 1.165) is 0 Å². The fourth-order valence-corrected chi connectivity index (χ4v) is 1.26. The van der Waals surface area contributed by atoms with Crippen molar-refractivity contribution in [1.82, 2.24) is 0 Å². The molecular formula is C7H12O2. The van der Waals surface area contributed by atoms with E-state index in [1.165, 1.54) is 0 Å². The Balaban J connectivity index is 2.49. The molecule has 1 rings (SSSR count). The summed E-state index contributed by atoms with van der Waals surface area (Å²) in [5.41, 5.74) is -0.151. The second kappa shape index (κ2) is 1.72. The highest BCUT2D eigenvalue weighted by Gasteiger charge is 2.57. The van der Waals surface area contributed by atoms with Gasteiger partial charge in [0, 0.05) is 11.8 Å². The SMILES string of the molecule is CC1C(C)C1(C)OC=O. The molecule has 0 bridgehead atoms. The van der Waals surface area contributed by atoms with Crippen molar-refractivity contribution in [2.24, 2.45) is 11.8 Å². The topological polar surface area (TPSA) is 26.3 Å². The van der Waals surface area contributed by atoms with Gasteiger partial charge in [-0.15, -0.1) is 0 Å². The largest absolute Gasteiger partial charge is 0.461 e. The minimum absolute atomic E-state index is 0.151. The van der Waals surface area contributed by atoms with E-state index in [2.05, 4.69) is 13.8 Å². The number of carbonyl (C=O) groups excluding carboxylic acids is 1. The molecule has 2 unspecified atom stereocenters. The van der Waals surface area contributed by atoms with Gasteiger partial charge in [0.15, 0.2) is 0 Å². The molecule has 9 heavy (non-hydrogen) atoms. The summed E-state index contributed by atoms with van der Waals surface area (Å²) < 4.78 is 4.88. The number of rotatable bonds is 2. The summed E-state index contributed by atoms with van der Waals surface area (Å²) in [6, 6.07) is 0. The molecule has 0 spiro atoms. The minimum Gasteiger partial charge on any atom is -0.461 e. The maximum absolute atomic E-state index is 9.93. The smallest absolute Gasteiger partial charge is 0.293 e. The first-order valence-electron chi connectivity index (χ1n) is 3.24. The molecule has 0 aromatic heterocycles.